The SMILES string of the molecule is Cc1ccc(F)c(CSCO)c1. The fourth-order valence-corrected chi connectivity index (χ4v) is 1.50. The average Bonchev–Trinajstić information content (AvgIpc) is 2.07. The monoisotopic (exact) mass is 186 g/mol. The molecule has 0 spiro atoms. The smallest absolute Gasteiger partial charge is 0.127 e. The van der Waals surface area contributed by atoms with Crippen LogP contribution >= 0.6 is 11.8 Å². The lowest BCUT2D eigenvalue weighted by Crippen LogP contribution is -1.89. The van der Waals surface area contributed by atoms with Gasteiger partial charge in [0.25, 0.3) is 0 Å². The van der Waals surface area contributed by atoms with Crippen molar-refractivity contribution in [2.75, 3.05) is 5.94 Å². The molecule has 0 atom stereocenters. The van der Waals surface area contributed by atoms with Gasteiger partial charge in [-0.15, -0.1) is 11.8 Å². The van der Waals surface area contributed by atoms with Gasteiger partial charge in [-0.05, 0) is 18.6 Å². The van der Waals surface area contributed by atoms with Gasteiger partial charge in [0.1, 0.15) is 5.82 Å². The van der Waals surface area contributed by atoms with E-state index in [0.717, 1.165) is 5.56 Å². The van der Waals surface area contributed by atoms with Gasteiger partial charge < -0.3 is 5.11 Å². The summed E-state index contributed by atoms with van der Waals surface area (Å²) < 4.78 is 13.0. The molecule has 1 rings (SSSR count). The lowest BCUT2D eigenvalue weighted by molar-refractivity contribution is 0.375. The van der Waals surface area contributed by atoms with Crippen molar-refractivity contribution < 1.29 is 9.50 Å². The van der Waals surface area contributed by atoms with Crippen molar-refractivity contribution in [2.24, 2.45) is 0 Å². The van der Waals surface area contributed by atoms with E-state index < -0.39 is 0 Å². The van der Waals surface area contributed by atoms with Crippen LogP contribution in [0, 0.1) is 12.7 Å². The minimum atomic E-state index is -0.193. The van der Waals surface area contributed by atoms with E-state index in [1.54, 1.807) is 12.1 Å². The van der Waals surface area contributed by atoms with Crippen molar-refractivity contribution >= 4 is 11.8 Å². The Balaban J connectivity index is 2.75. The van der Waals surface area contributed by atoms with Crippen LogP contribution in [-0.2, 0) is 5.75 Å². The third-order valence-corrected chi connectivity index (χ3v) is 2.25. The van der Waals surface area contributed by atoms with E-state index in [1.165, 1.54) is 17.8 Å². The fourth-order valence-electron chi connectivity index (χ4n) is 0.970. The largest absolute Gasteiger partial charge is 0.386 e. The normalized spacial score (nSPS) is 10.2. The van der Waals surface area contributed by atoms with Crippen molar-refractivity contribution in [3.63, 3.8) is 0 Å². The average molecular weight is 186 g/mol. The number of rotatable bonds is 3. The second-order valence-corrected chi connectivity index (χ2v) is 3.53. The van der Waals surface area contributed by atoms with Crippen LogP contribution in [0.1, 0.15) is 11.1 Å². The van der Waals surface area contributed by atoms with Gasteiger partial charge in [0.2, 0.25) is 0 Å². The molecule has 0 heterocycles. The Labute approximate surface area is 75.6 Å². The maximum atomic E-state index is 13.0. The molecule has 0 saturated heterocycles. The summed E-state index contributed by atoms with van der Waals surface area (Å²) in [4.78, 5) is 0. The van der Waals surface area contributed by atoms with Gasteiger partial charge in [0.15, 0.2) is 0 Å². The Bertz CT molecular complexity index is 263. The van der Waals surface area contributed by atoms with E-state index in [0.29, 0.717) is 11.3 Å². The first-order valence-electron chi connectivity index (χ1n) is 3.67. The van der Waals surface area contributed by atoms with Crippen LogP contribution in [0.2, 0.25) is 0 Å². The van der Waals surface area contributed by atoms with Gasteiger partial charge in [-0.3, -0.25) is 0 Å². The summed E-state index contributed by atoms with van der Waals surface area (Å²) in [5.41, 5.74) is 1.71. The molecule has 0 aliphatic rings. The predicted octanol–water partition coefficient (Wildman–Crippen LogP) is 2.32. The number of aryl methyl sites for hydroxylation is 1. The summed E-state index contributed by atoms with van der Waals surface area (Å²) in [6.07, 6.45) is 0. The van der Waals surface area contributed by atoms with Crippen molar-refractivity contribution in [2.45, 2.75) is 12.7 Å². The molecule has 0 unspecified atom stereocenters. The zero-order chi connectivity index (χ0) is 8.97. The highest BCUT2D eigenvalue weighted by atomic mass is 32.2. The molecule has 1 nitrogen and oxygen atoms in total. The quantitative estimate of drug-likeness (QED) is 0.731. The summed E-state index contributed by atoms with van der Waals surface area (Å²) in [5, 5.41) is 8.53. The summed E-state index contributed by atoms with van der Waals surface area (Å²) in [7, 11) is 0. The first-order valence-corrected chi connectivity index (χ1v) is 4.83. The van der Waals surface area contributed by atoms with Crippen molar-refractivity contribution in [3.8, 4) is 0 Å². The van der Waals surface area contributed by atoms with Crippen LogP contribution in [-0.4, -0.2) is 11.0 Å². The van der Waals surface area contributed by atoms with E-state index in [2.05, 4.69) is 0 Å². The molecule has 0 fully saturated rings. The Morgan fingerprint density at radius 2 is 2.25 bits per heavy atom. The van der Waals surface area contributed by atoms with Crippen LogP contribution in [0.5, 0.6) is 0 Å². The topological polar surface area (TPSA) is 20.2 Å². The highest BCUT2D eigenvalue weighted by Crippen LogP contribution is 2.16. The van der Waals surface area contributed by atoms with Crippen LogP contribution in [0.25, 0.3) is 0 Å². The zero-order valence-electron chi connectivity index (χ0n) is 6.88. The van der Waals surface area contributed by atoms with Gasteiger partial charge in [0.05, 0.1) is 5.94 Å². The Morgan fingerprint density at radius 3 is 2.92 bits per heavy atom. The number of thioether (sulfide) groups is 1. The summed E-state index contributed by atoms with van der Waals surface area (Å²) in [6, 6.07) is 5.00. The standard InChI is InChI=1S/C9H11FOS/c1-7-2-3-9(10)8(4-7)5-12-6-11/h2-4,11H,5-6H2,1H3. The number of halogens is 1. The molecule has 0 saturated carbocycles. The molecule has 1 aromatic rings. The van der Waals surface area contributed by atoms with E-state index in [4.69, 9.17) is 5.11 Å². The number of hydrogen-bond donors (Lipinski definition) is 1. The molecule has 0 amide bonds. The second kappa shape index (κ2) is 4.48. The highest BCUT2D eigenvalue weighted by molar-refractivity contribution is 7.98. The Hall–Kier alpha value is -0.540. The van der Waals surface area contributed by atoms with Crippen molar-refractivity contribution in [1.82, 2.24) is 0 Å². The molecule has 0 bridgehead atoms. The summed E-state index contributed by atoms with van der Waals surface area (Å²) in [5.74, 6) is 0.374. The molecule has 0 aliphatic carbocycles. The molecule has 66 valence electrons. The number of benzene rings is 1. The molecular formula is C9H11FOS. The zero-order valence-corrected chi connectivity index (χ0v) is 7.70. The maximum absolute atomic E-state index is 13.0. The van der Waals surface area contributed by atoms with Crippen molar-refractivity contribution in [3.05, 3.63) is 35.1 Å². The number of aliphatic hydroxyl groups is 1. The minimum absolute atomic E-state index is 0.0351. The van der Waals surface area contributed by atoms with Crippen molar-refractivity contribution in [1.29, 1.82) is 0 Å². The number of hydrogen-bond acceptors (Lipinski definition) is 2. The Morgan fingerprint density at radius 1 is 1.50 bits per heavy atom. The molecule has 1 aromatic carbocycles. The first kappa shape index (κ1) is 9.55. The van der Waals surface area contributed by atoms with Gasteiger partial charge in [-0.25, -0.2) is 4.39 Å². The van der Waals surface area contributed by atoms with E-state index in [-0.39, 0.29) is 11.8 Å². The maximum Gasteiger partial charge on any atom is 0.127 e. The third-order valence-electron chi connectivity index (χ3n) is 1.55. The van der Waals surface area contributed by atoms with E-state index in [9.17, 15) is 4.39 Å². The lowest BCUT2D eigenvalue weighted by Gasteiger charge is -2.02. The third kappa shape index (κ3) is 2.50. The number of aliphatic hydroxyl groups excluding tert-OH is 1. The summed E-state index contributed by atoms with van der Waals surface area (Å²) >= 11 is 1.30. The first-order chi connectivity index (χ1) is 5.74. The molecule has 0 aromatic heterocycles. The molecule has 0 aliphatic heterocycles. The fraction of sp³-hybridized carbons (Fsp3) is 0.333. The van der Waals surface area contributed by atoms with Gasteiger partial charge in [-0.1, -0.05) is 17.7 Å². The predicted molar refractivity (Wildman–Crippen MR) is 49.5 cm³/mol. The van der Waals surface area contributed by atoms with Crippen LogP contribution in [0.4, 0.5) is 4.39 Å². The molecule has 12 heavy (non-hydrogen) atoms. The van der Waals surface area contributed by atoms with Gasteiger partial charge in [0, 0.05) is 5.75 Å². The van der Waals surface area contributed by atoms with E-state index >= 15 is 0 Å². The van der Waals surface area contributed by atoms with Crippen LogP contribution < -0.4 is 0 Å². The van der Waals surface area contributed by atoms with Crippen LogP contribution in [0.15, 0.2) is 18.2 Å². The lowest BCUT2D eigenvalue weighted by atomic mass is 10.1. The molecular weight excluding hydrogens is 175 g/mol. The molecule has 1 N–H and O–H groups in total. The van der Waals surface area contributed by atoms with Gasteiger partial charge in [-0.2, -0.15) is 0 Å². The van der Waals surface area contributed by atoms with Crippen LogP contribution in [0.3, 0.4) is 0 Å². The minimum Gasteiger partial charge on any atom is -0.386 e. The van der Waals surface area contributed by atoms with Gasteiger partial charge >= 0.3 is 0 Å². The summed E-state index contributed by atoms with van der Waals surface area (Å²) in [6.45, 7) is 1.92. The highest BCUT2D eigenvalue weighted by Gasteiger charge is 2.00. The molecule has 0 radical (unpaired) electrons. The van der Waals surface area contributed by atoms with E-state index in [1.807, 2.05) is 6.92 Å². The molecule has 3 heteroatoms. The Kier molecular flexibility index (Phi) is 3.56. The second-order valence-electron chi connectivity index (χ2n) is 2.57.